The molecule has 1 aromatic heterocycles. The van der Waals surface area contributed by atoms with E-state index >= 15 is 0 Å². The van der Waals surface area contributed by atoms with Gasteiger partial charge in [-0.1, -0.05) is 24.3 Å². The first-order chi connectivity index (χ1) is 12.6. The number of H-pyrrole nitrogens is 1. The van der Waals surface area contributed by atoms with E-state index in [1.165, 1.54) is 0 Å². The molecule has 6 nitrogen and oxygen atoms in total. The lowest BCUT2D eigenvalue weighted by Crippen LogP contribution is -2.27. The molecule has 3 rings (SSSR count). The van der Waals surface area contributed by atoms with Gasteiger partial charge in [-0.2, -0.15) is 0 Å². The summed E-state index contributed by atoms with van der Waals surface area (Å²) in [5.74, 6) is 1.20. The van der Waals surface area contributed by atoms with Crippen molar-refractivity contribution in [3.8, 4) is 5.75 Å². The Hall–Kier alpha value is -3.15. The van der Waals surface area contributed by atoms with Gasteiger partial charge in [-0.25, -0.2) is 4.98 Å². The third-order valence-corrected chi connectivity index (χ3v) is 4.24. The molecule has 1 unspecified atom stereocenters. The molecule has 0 aliphatic carbocycles. The molecule has 2 N–H and O–H groups in total. The second-order valence-corrected chi connectivity index (χ2v) is 6.09. The maximum atomic E-state index is 12.2. The molecule has 26 heavy (non-hydrogen) atoms. The predicted octanol–water partition coefficient (Wildman–Crippen LogP) is 2.74. The molecule has 134 valence electrons. The summed E-state index contributed by atoms with van der Waals surface area (Å²) < 4.78 is 5.13. The molecule has 0 aliphatic heterocycles. The number of hydrogen-bond acceptors (Lipinski definition) is 4. The van der Waals surface area contributed by atoms with Crippen LogP contribution in [0.1, 0.15) is 30.8 Å². The van der Waals surface area contributed by atoms with Crippen LogP contribution in [-0.2, 0) is 11.2 Å². The molecular weight excluding hydrogens is 330 g/mol. The van der Waals surface area contributed by atoms with Crippen LogP contribution in [-0.4, -0.2) is 23.0 Å². The Bertz CT molecular complexity index is 964. The molecule has 1 atom stereocenters. The zero-order valence-corrected chi connectivity index (χ0v) is 14.8. The van der Waals surface area contributed by atoms with Crippen molar-refractivity contribution >= 4 is 16.8 Å². The maximum absolute atomic E-state index is 12.2. The van der Waals surface area contributed by atoms with Gasteiger partial charge in [0.1, 0.15) is 11.6 Å². The van der Waals surface area contributed by atoms with E-state index in [9.17, 15) is 9.59 Å². The van der Waals surface area contributed by atoms with E-state index < -0.39 is 0 Å². The number of benzene rings is 2. The number of methoxy groups -OCH3 is 1. The largest absolute Gasteiger partial charge is 0.497 e. The van der Waals surface area contributed by atoms with Crippen molar-refractivity contribution < 1.29 is 9.53 Å². The van der Waals surface area contributed by atoms with Crippen LogP contribution in [0, 0.1) is 0 Å². The fraction of sp³-hybridized carbons (Fsp3) is 0.250. The summed E-state index contributed by atoms with van der Waals surface area (Å²) in [7, 11) is 1.62. The van der Waals surface area contributed by atoms with Crippen LogP contribution in [0.2, 0.25) is 0 Å². The Morgan fingerprint density at radius 1 is 1.19 bits per heavy atom. The van der Waals surface area contributed by atoms with Crippen LogP contribution < -0.4 is 15.6 Å². The Labute approximate surface area is 151 Å². The van der Waals surface area contributed by atoms with Crippen LogP contribution in [0.15, 0.2) is 53.3 Å². The summed E-state index contributed by atoms with van der Waals surface area (Å²) in [5, 5.41) is 3.51. The second-order valence-electron chi connectivity index (χ2n) is 6.09. The highest BCUT2D eigenvalue weighted by molar-refractivity contribution is 5.78. The first-order valence-corrected chi connectivity index (χ1v) is 8.48. The minimum atomic E-state index is -0.183. The van der Waals surface area contributed by atoms with Crippen molar-refractivity contribution in [1.82, 2.24) is 15.3 Å². The van der Waals surface area contributed by atoms with Crippen LogP contribution in [0.4, 0.5) is 0 Å². The minimum absolute atomic E-state index is 0.0934. The van der Waals surface area contributed by atoms with Gasteiger partial charge in [0.05, 0.1) is 24.1 Å². The zero-order chi connectivity index (χ0) is 18.5. The van der Waals surface area contributed by atoms with Crippen molar-refractivity contribution in [2.45, 2.75) is 25.8 Å². The number of rotatable bonds is 6. The van der Waals surface area contributed by atoms with Crippen LogP contribution in [0.5, 0.6) is 5.75 Å². The van der Waals surface area contributed by atoms with Crippen LogP contribution >= 0.6 is 0 Å². The van der Waals surface area contributed by atoms with E-state index in [0.717, 1.165) is 11.3 Å². The average Bonchev–Trinajstić information content (AvgIpc) is 2.66. The highest BCUT2D eigenvalue weighted by Crippen LogP contribution is 2.17. The van der Waals surface area contributed by atoms with Gasteiger partial charge in [0.15, 0.2) is 0 Å². The number of aromatic nitrogens is 2. The minimum Gasteiger partial charge on any atom is -0.497 e. The lowest BCUT2D eigenvalue weighted by molar-refractivity contribution is -0.121. The molecule has 3 aromatic rings. The molecule has 1 amide bonds. The number of para-hydroxylation sites is 1. The van der Waals surface area contributed by atoms with E-state index in [1.54, 1.807) is 25.3 Å². The SMILES string of the molecule is COc1ccc(C(C)NC(=O)CCc2nc3ccccc3c(=O)[nH]2)cc1. The average molecular weight is 351 g/mol. The number of nitrogens with one attached hydrogen (secondary N) is 2. The Morgan fingerprint density at radius 2 is 1.92 bits per heavy atom. The summed E-state index contributed by atoms with van der Waals surface area (Å²) in [5.41, 5.74) is 1.45. The van der Waals surface area contributed by atoms with Gasteiger partial charge in [0, 0.05) is 12.8 Å². The van der Waals surface area contributed by atoms with Gasteiger partial charge >= 0.3 is 0 Å². The number of carbonyl (C=O) groups is 1. The summed E-state index contributed by atoms with van der Waals surface area (Å²) in [6.07, 6.45) is 0.628. The predicted molar refractivity (Wildman–Crippen MR) is 100 cm³/mol. The van der Waals surface area contributed by atoms with E-state index in [4.69, 9.17) is 4.74 Å². The maximum Gasteiger partial charge on any atom is 0.258 e. The van der Waals surface area contributed by atoms with Gasteiger partial charge in [-0.15, -0.1) is 0 Å². The quantitative estimate of drug-likeness (QED) is 0.715. The van der Waals surface area contributed by atoms with Crippen molar-refractivity contribution in [2.75, 3.05) is 7.11 Å². The fourth-order valence-electron chi connectivity index (χ4n) is 2.77. The molecule has 6 heteroatoms. The summed E-state index contributed by atoms with van der Waals surface area (Å²) in [6.45, 7) is 1.93. The third-order valence-electron chi connectivity index (χ3n) is 4.24. The molecule has 0 fully saturated rings. The van der Waals surface area contributed by atoms with Gasteiger partial charge in [-0.3, -0.25) is 9.59 Å². The Balaban J connectivity index is 1.60. The van der Waals surface area contributed by atoms with Gasteiger partial charge < -0.3 is 15.0 Å². The number of aromatic amines is 1. The van der Waals surface area contributed by atoms with Crippen LogP contribution in [0.3, 0.4) is 0 Å². The lowest BCUT2D eigenvalue weighted by atomic mass is 10.1. The Kier molecular flexibility index (Phi) is 5.31. The zero-order valence-electron chi connectivity index (χ0n) is 14.8. The third kappa shape index (κ3) is 4.08. The fourth-order valence-corrected chi connectivity index (χ4v) is 2.77. The number of nitrogens with zero attached hydrogens (tertiary/aromatic N) is 1. The number of carbonyl (C=O) groups excluding carboxylic acids is 1. The summed E-state index contributed by atoms with van der Waals surface area (Å²) in [4.78, 5) is 31.4. The molecular formula is C20H21N3O3. The number of fused-ring (bicyclic) bond motifs is 1. The monoisotopic (exact) mass is 351 g/mol. The lowest BCUT2D eigenvalue weighted by Gasteiger charge is -2.14. The summed E-state index contributed by atoms with van der Waals surface area (Å²) in [6, 6.07) is 14.6. The molecule has 0 aliphatic rings. The molecule has 2 aromatic carbocycles. The standard InChI is InChI=1S/C20H21N3O3/c1-13(14-7-9-15(26-2)10-8-14)21-19(24)12-11-18-22-17-6-4-3-5-16(17)20(25)23-18/h3-10,13H,11-12H2,1-2H3,(H,21,24)(H,22,23,25). The normalized spacial score (nSPS) is 11.9. The van der Waals surface area contributed by atoms with Gasteiger partial charge in [-0.05, 0) is 36.8 Å². The molecule has 0 saturated carbocycles. The van der Waals surface area contributed by atoms with Crippen molar-refractivity contribution in [3.05, 3.63) is 70.3 Å². The van der Waals surface area contributed by atoms with Gasteiger partial charge in [0.2, 0.25) is 5.91 Å². The summed E-state index contributed by atoms with van der Waals surface area (Å²) >= 11 is 0. The highest BCUT2D eigenvalue weighted by Gasteiger charge is 2.11. The molecule has 1 heterocycles. The molecule has 0 spiro atoms. The highest BCUT2D eigenvalue weighted by atomic mass is 16.5. The smallest absolute Gasteiger partial charge is 0.258 e. The molecule has 0 radical (unpaired) electrons. The van der Waals surface area contributed by atoms with Gasteiger partial charge in [0.25, 0.3) is 5.56 Å². The van der Waals surface area contributed by atoms with Crippen LogP contribution in [0.25, 0.3) is 10.9 Å². The van der Waals surface area contributed by atoms with Crippen molar-refractivity contribution in [1.29, 1.82) is 0 Å². The number of aryl methyl sites for hydroxylation is 1. The van der Waals surface area contributed by atoms with E-state index in [0.29, 0.717) is 23.1 Å². The number of amides is 1. The van der Waals surface area contributed by atoms with E-state index in [2.05, 4.69) is 15.3 Å². The number of hydrogen-bond donors (Lipinski definition) is 2. The number of ether oxygens (including phenoxy) is 1. The Morgan fingerprint density at radius 3 is 2.65 bits per heavy atom. The molecule has 0 saturated heterocycles. The van der Waals surface area contributed by atoms with E-state index in [-0.39, 0.29) is 23.9 Å². The first kappa shape index (κ1) is 17.7. The molecule has 0 bridgehead atoms. The van der Waals surface area contributed by atoms with E-state index in [1.807, 2.05) is 37.3 Å². The van der Waals surface area contributed by atoms with Crippen molar-refractivity contribution in [2.24, 2.45) is 0 Å². The first-order valence-electron chi connectivity index (χ1n) is 8.48. The second kappa shape index (κ2) is 7.82. The topological polar surface area (TPSA) is 84.1 Å². The van der Waals surface area contributed by atoms with Crippen molar-refractivity contribution in [3.63, 3.8) is 0 Å².